The van der Waals surface area contributed by atoms with Gasteiger partial charge in [-0.05, 0) is 57.1 Å². The van der Waals surface area contributed by atoms with Crippen LogP contribution in [0.3, 0.4) is 0 Å². The second kappa shape index (κ2) is 16.9. The molecule has 0 radical (unpaired) electrons. The summed E-state index contributed by atoms with van der Waals surface area (Å²) < 4.78 is 43.1. The number of rotatable bonds is 15. The number of amides is 2. The van der Waals surface area contributed by atoms with Gasteiger partial charge in [-0.25, -0.2) is 19.0 Å². The first-order valence-corrected chi connectivity index (χ1v) is 17.4. The van der Waals surface area contributed by atoms with Crippen molar-refractivity contribution in [2.45, 2.75) is 84.2 Å². The van der Waals surface area contributed by atoms with Crippen LogP contribution in [0.4, 0.5) is 14.5 Å². The number of carbonyl (C=O) groups excluding carboxylic acids is 3. The molecular weight excluding hydrogens is 672 g/mol. The maximum atomic E-state index is 14.8. The third kappa shape index (κ3) is 9.34. The van der Waals surface area contributed by atoms with E-state index in [1.165, 1.54) is 22.2 Å². The lowest BCUT2D eigenvalue weighted by Gasteiger charge is -2.28. The van der Waals surface area contributed by atoms with Gasteiger partial charge in [0, 0.05) is 42.9 Å². The fourth-order valence-corrected chi connectivity index (χ4v) is 6.23. The Kier molecular flexibility index (Phi) is 12.4. The number of anilines is 1. The number of esters is 1. The third-order valence-electron chi connectivity index (χ3n) is 8.29. The van der Waals surface area contributed by atoms with Gasteiger partial charge in [0.2, 0.25) is 11.9 Å². The average molecular weight is 714 g/mol. The molecule has 4 N–H and O–H groups in total. The minimum Gasteiger partial charge on any atom is -0.442 e. The molecule has 1 fully saturated rings. The van der Waals surface area contributed by atoms with E-state index in [0.717, 1.165) is 37.8 Å². The molecule has 0 spiro atoms. The Morgan fingerprint density at radius 3 is 2.62 bits per heavy atom. The van der Waals surface area contributed by atoms with Crippen molar-refractivity contribution in [2.75, 3.05) is 18.5 Å². The number of nitrogens with one attached hydrogen (secondary N) is 2. The van der Waals surface area contributed by atoms with E-state index in [9.17, 15) is 23.2 Å². The summed E-state index contributed by atoms with van der Waals surface area (Å²) in [7, 11) is 0. The number of ether oxygens (including phenoxy) is 2. The highest BCUT2D eigenvalue weighted by Gasteiger charge is 2.27. The molecule has 4 aromatic heterocycles. The van der Waals surface area contributed by atoms with Gasteiger partial charge >= 0.3 is 5.97 Å². The van der Waals surface area contributed by atoms with Crippen molar-refractivity contribution in [3.05, 3.63) is 53.6 Å². The normalized spacial score (nSPS) is 16.7. The van der Waals surface area contributed by atoms with E-state index in [1.807, 2.05) is 20.8 Å². The van der Waals surface area contributed by atoms with Crippen LogP contribution in [-0.4, -0.2) is 72.6 Å². The molecule has 0 bridgehead atoms. The van der Waals surface area contributed by atoms with Crippen molar-refractivity contribution in [1.82, 2.24) is 34.8 Å². The Balaban J connectivity index is 1.19. The van der Waals surface area contributed by atoms with Gasteiger partial charge in [0.25, 0.3) is 5.91 Å². The van der Waals surface area contributed by atoms with Gasteiger partial charge in [-0.2, -0.15) is 14.6 Å². The molecule has 0 saturated heterocycles. The number of hydrogen-bond acceptors (Lipinski definition) is 11. The second-order valence-electron chi connectivity index (χ2n) is 12.3. The maximum Gasteiger partial charge on any atom is 0.307 e. The quantitative estimate of drug-likeness (QED) is 0.0888. The van der Waals surface area contributed by atoms with E-state index in [-0.39, 0.29) is 59.9 Å². The van der Waals surface area contributed by atoms with E-state index >= 15 is 0 Å². The number of nitrogens with zero attached hydrogens (tertiary/aromatic N) is 6. The average Bonchev–Trinajstić information content (AvgIpc) is 3.87. The zero-order valence-corrected chi connectivity index (χ0v) is 28.9. The Hall–Kier alpha value is -4.61. The summed E-state index contributed by atoms with van der Waals surface area (Å²) in [5, 5.41) is 16.3. The van der Waals surface area contributed by atoms with Crippen LogP contribution in [0.15, 0.2) is 36.1 Å². The van der Waals surface area contributed by atoms with E-state index in [1.54, 1.807) is 22.5 Å². The predicted molar refractivity (Wildman–Crippen MR) is 181 cm³/mol. The van der Waals surface area contributed by atoms with E-state index in [4.69, 9.17) is 15.2 Å². The monoisotopic (exact) mass is 713 g/mol. The van der Waals surface area contributed by atoms with Gasteiger partial charge in [0.05, 0.1) is 30.1 Å². The van der Waals surface area contributed by atoms with Gasteiger partial charge in [0.1, 0.15) is 22.1 Å². The first-order valence-electron chi connectivity index (χ1n) is 16.5. The molecule has 4 heterocycles. The van der Waals surface area contributed by atoms with Crippen molar-refractivity contribution in [1.29, 1.82) is 0 Å². The molecule has 0 unspecified atom stereocenters. The first kappa shape index (κ1) is 36.7. The Morgan fingerprint density at radius 2 is 1.88 bits per heavy atom. The molecule has 268 valence electrons. The lowest BCUT2D eigenvalue weighted by atomic mass is 9.93. The molecule has 5 rings (SSSR count). The fourth-order valence-electron chi connectivity index (χ4n) is 5.46. The molecule has 1 aliphatic rings. The standard InChI is InChI=1S/C33H41F2N9O5S/c1-4-48-22-9-7-21(8-10-22)44-16-24(30(42-44)29-23(34)11-12-26(35)41-29)39-31(46)25-17-50-33(40-25)20-14-38-43(15-20)18-49-27(45)6-5-13-37-32(47)28(36)19(2)3/h11-12,14-17,19,21-22,28H,4-10,13,18,36H2,1-3H3,(H,37,47)(H,39,46)/t21-,22-,28-/m1/s1. The largest absolute Gasteiger partial charge is 0.442 e. The van der Waals surface area contributed by atoms with Crippen molar-refractivity contribution in [3.8, 4) is 22.0 Å². The van der Waals surface area contributed by atoms with E-state index in [2.05, 4.69) is 30.8 Å². The fraction of sp³-hybridized carbons (Fsp3) is 0.485. The lowest BCUT2D eigenvalue weighted by molar-refractivity contribution is -0.148. The summed E-state index contributed by atoms with van der Waals surface area (Å²) in [5.74, 6) is -2.93. The van der Waals surface area contributed by atoms with Crippen LogP contribution in [-0.2, 0) is 25.8 Å². The highest BCUT2D eigenvalue weighted by atomic mass is 32.1. The molecule has 0 aromatic carbocycles. The topological polar surface area (TPSA) is 181 Å². The van der Waals surface area contributed by atoms with Crippen molar-refractivity contribution < 1.29 is 32.6 Å². The van der Waals surface area contributed by atoms with Crippen LogP contribution in [0.5, 0.6) is 0 Å². The van der Waals surface area contributed by atoms with Gasteiger partial charge in [0.15, 0.2) is 12.5 Å². The summed E-state index contributed by atoms with van der Waals surface area (Å²) in [5.41, 5.74) is 6.36. The summed E-state index contributed by atoms with van der Waals surface area (Å²) in [6.07, 6.45) is 8.65. The number of halogens is 2. The third-order valence-corrected chi connectivity index (χ3v) is 9.18. The summed E-state index contributed by atoms with van der Waals surface area (Å²) in [6, 6.07) is 1.27. The predicted octanol–water partition coefficient (Wildman–Crippen LogP) is 4.70. The molecule has 1 aliphatic carbocycles. The van der Waals surface area contributed by atoms with Gasteiger partial charge in [-0.3, -0.25) is 19.1 Å². The molecular formula is C33H41F2N9O5S. The van der Waals surface area contributed by atoms with Crippen molar-refractivity contribution >= 4 is 34.8 Å². The molecule has 1 atom stereocenters. The van der Waals surface area contributed by atoms with Crippen LogP contribution >= 0.6 is 11.3 Å². The summed E-state index contributed by atoms with van der Waals surface area (Å²) in [6.45, 7) is 6.48. The number of nitrogens with two attached hydrogens (primary N) is 1. The van der Waals surface area contributed by atoms with Crippen LogP contribution in [0.2, 0.25) is 0 Å². The number of hydrogen-bond donors (Lipinski definition) is 3. The zero-order valence-electron chi connectivity index (χ0n) is 28.1. The maximum absolute atomic E-state index is 14.8. The minimum atomic E-state index is -0.877. The molecule has 14 nitrogen and oxygen atoms in total. The second-order valence-corrected chi connectivity index (χ2v) is 13.2. The lowest BCUT2D eigenvalue weighted by Crippen LogP contribution is -2.44. The Labute approximate surface area is 291 Å². The number of carbonyl (C=O) groups is 3. The van der Waals surface area contributed by atoms with Crippen LogP contribution in [0.25, 0.3) is 22.0 Å². The van der Waals surface area contributed by atoms with Gasteiger partial charge in [-0.15, -0.1) is 11.3 Å². The van der Waals surface area contributed by atoms with Crippen LogP contribution in [0, 0.1) is 17.7 Å². The minimum absolute atomic E-state index is 0.00800. The Bertz CT molecular complexity index is 1780. The van der Waals surface area contributed by atoms with E-state index in [0.29, 0.717) is 30.1 Å². The van der Waals surface area contributed by atoms with Gasteiger partial charge in [-0.1, -0.05) is 13.8 Å². The van der Waals surface area contributed by atoms with Crippen molar-refractivity contribution in [3.63, 3.8) is 0 Å². The SMILES string of the molecule is CCO[C@H]1CC[C@H](n2cc(NC(=O)c3csc(-c4cnn(COC(=O)CCCNC(=O)[C@H](N)C(C)C)c4)n3)c(-c3nc(F)ccc3F)n2)CC1. The molecule has 17 heteroatoms. The van der Waals surface area contributed by atoms with Crippen LogP contribution in [0.1, 0.15) is 75.8 Å². The van der Waals surface area contributed by atoms with E-state index < -0.39 is 29.7 Å². The highest BCUT2D eigenvalue weighted by Crippen LogP contribution is 2.34. The number of aromatic nitrogens is 6. The molecule has 1 saturated carbocycles. The number of pyridine rings is 1. The molecule has 2 amide bonds. The smallest absolute Gasteiger partial charge is 0.307 e. The van der Waals surface area contributed by atoms with Gasteiger partial charge < -0.3 is 25.8 Å². The van der Waals surface area contributed by atoms with Crippen molar-refractivity contribution in [2.24, 2.45) is 11.7 Å². The molecule has 0 aliphatic heterocycles. The highest BCUT2D eigenvalue weighted by molar-refractivity contribution is 7.13. The summed E-state index contributed by atoms with van der Waals surface area (Å²) in [4.78, 5) is 45.6. The molecule has 50 heavy (non-hydrogen) atoms. The number of thiazole rings is 1. The summed E-state index contributed by atoms with van der Waals surface area (Å²) >= 11 is 1.20. The van der Waals surface area contributed by atoms with Crippen LogP contribution < -0.4 is 16.4 Å². The molecule has 4 aromatic rings. The zero-order chi connectivity index (χ0) is 35.8. The Morgan fingerprint density at radius 1 is 1.10 bits per heavy atom. The first-order chi connectivity index (χ1) is 24.0.